The SMILES string of the molecule is CCNC(=NCc1ccc(C(=O)N(C)C)cc1)NCCCc1cccc(OC)c1. The smallest absolute Gasteiger partial charge is 0.253 e. The lowest BCUT2D eigenvalue weighted by atomic mass is 10.1. The summed E-state index contributed by atoms with van der Waals surface area (Å²) in [5, 5.41) is 6.65. The first-order valence-electron chi connectivity index (χ1n) is 9.99. The molecule has 0 heterocycles. The highest BCUT2D eigenvalue weighted by Crippen LogP contribution is 2.13. The highest BCUT2D eigenvalue weighted by molar-refractivity contribution is 5.93. The van der Waals surface area contributed by atoms with Gasteiger partial charge >= 0.3 is 0 Å². The van der Waals surface area contributed by atoms with Gasteiger partial charge in [0.15, 0.2) is 5.96 Å². The van der Waals surface area contributed by atoms with E-state index in [9.17, 15) is 4.79 Å². The van der Waals surface area contributed by atoms with Crippen molar-refractivity contribution in [2.45, 2.75) is 26.3 Å². The Balaban J connectivity index is 1.84. The van der Waals surface area contributed by atoms with Crippen LogP contribution in [-0.2, 0) is 13.0 Å². The molecule has 0 spiro atoms. The standard InChI is InChI=1S/C23H32N4O2/c1-5-24-23(25-15-7-9-18-8-6-10-21(16-18)29-4)26-17-19-11-13-20(14-12-19)22(28)27(2)3/h6,8,10-14,16H,5,7,9,15,17H2,1-4H3,(H2,24,25,26). The maximum Gasteiger partial charge on any atom is 0.253 e. The molecular formula is C23H32N4O2. The number of nitrogens with zero attached hydrogens (tertiary/aromatic N) is 2. The van der Waals surface area contributed by atoms with Crippen molar-refractivity contribution in [3.63, 3.8) is 0 Å². The van der Waals surface area contributed by atoms with Crippen molar-refractivity contribution in [1.82, 2.24) is 15.5 Å². The van der Waals surface area contributed by atoms with Crippen LogP contribution >= 0.6 is 0 Å². The molecule has 0 radical (unpaired) electrons. The Kier molecular flexibility index (Phi) is 9.02. The van der Waals surface area contributed by atoms with Crippen LogP contribution in [0.15, 0.2) is 53.5 Å². The number of aryl methyl sites for hydroxylation is 1. The molecule has 2 aromatic carbocycles. The summed E-state index contributed by atoms with van der Waals surface area (Å²) in [6.07, 6.45) is 1.98. The largest absolute Gasteiger partial charge is 0.497 e. The van der Waals surface area contributed by atoms with E-state index in [2.05, 4.69) is 34.7 Å². The third-order valence-electron chi connectivity index (χ3n) is 4.44. The maximum absolute atomic E-state index is 12.0. The third-order valence-corrected chi connectivity index (χ3v) is 4.44. The van der Waals surface area contributed by atoms with Gasteiger partial charge in [-0.2, -0.15) is 0 Å². The molecule has 0 aliphatic carbocycles. The van der Waals surface area contributed by atoms with Gasteiger partial charge in [0.25, 0.3) is 5.91 Å². The number of hydrogen-bond acceptors (Lipinski definition) is 3. The van der Waals surface area contributed by atoms with Crippen LogP contribution in [0.1, 0.15) is 34.8 Å². The zero-order chi connectivity index (χ0) is 21.1. The number of ether oxygens (including phenoxy) is 1. The van der Waals surface area contributed by atoms with E-state index in [4.69, 9.17) is 4.74 Å². The minimum Gasteiger partial charge on any atom is -0.497 e. The van der Waals surface area contributed by atoms with Gasteiger partial charge < -0.3 is 20.3 Å². The van der Waals surface area contributed by atoms with Crippen molar-refractivity contribution in [2.24, 2.45) is 4.99 Å². The molecule has 0 saturated heterocycles. The molecule has 1 amide bonds. The first kappa shape index (κ1) is 22.3. The van der Waals surface area contributed by atoms with E-state index in [0.717, 1.165) is 43.2 Å². The quantitative estimate of drug-likeness (QED) is 0.388. The van der Waals surface area contributed by atoms with Crippen LogP contribution in [0.3, 0.4) is 0 Å². The van der Waals surface area contributed by atoms with Gasteiger partial charge in [0.2, 0.25) is 0 Å². The molecule has 2 aromatic rings. The fourth-order valence-electron chi connectivity index (χ4n) is 2.85. The lowest BCUT2D eigenvalue weighted by Gasteiger charge is -2.12. The van der Waals surface area contributed by atoms with Crippen LogP contribution in [0, 0.1) is 0 Å². The van der Waals surface area contributed by atoms with Gasteiger partial charge in [-0.3, -0.25) is 4.79 Å². The first-order valence-corrected chi connectivity index (χ1v) is 9.99. The molecule has 0 saturated carbocycles. The Morgan fingerprint density at radius 2 is 1.83 bits per heavy atom. The van der Waals surface area contributed by atoms with Crippen molar-refractivity contribution >= 4 is 11.9 Å². The van der Waals surface area contributed by atoms with Gasteiger partial charge in [0.05, 0.1) is 13.7 Å². The normalized spacial score (nSPS) is 11.1. The van der Waals surface area contributed by atoms with Crippen LogP contribution in [0.4, 0.5) is 0 Å². The number of guanidine groups is 1. The molecule has 6 heteroatoms. The van der Waals surface area contributed by atoms with E-state index in [1.165, 1.54) is 5.56 Å². The van der Waals surface area contributed by atoms with Gasteiger partial charge in [0, 0.05) is 32.7 Å². The molecule has 156 valence electrons. The van der Waals surface area contributed by atoms with Crippen molar-refractivity contribution in [3.8, 4) is 5.75 Å². The first-order chi connectivity index (χ1) is 14.0. The van der Waals surface area contributed by atoms with Crippen LogP contribution < -0.4 is 15.4 Å². The predicted octanol–water partition coefficient (Wildman–Crippen LogP) is 3.08. The highest BCUT2D eigenvalue weighted by atomic mass is 16.5. The topological polar surface area (TPSA) is 66.0 Å². The summed E-state index contributed by atoms with van der Waals surface area (Å²) in [6.45, 7) is 4.24. The number of hydrogen-bond donors (Lipinski definition) is 2. The van der Waals surface area contributed by atoms with E-state index in [0.29, 0.717) is 12.1 Å². The molecule has 0 bridgehead atoms. The summed E-state index contributed by atoms with van der Waals surface area (Å²) in [6, 6.07) is 15.8. The average Bonchev–Trinajstić information content (AvgIpc) is 2.74. The van der Waals surface area contributed by atoms with Crippen molar-refractivity contribution < 1.29 is 9.53 Å². The average molecular weight is 397 g/mol. The summed E-state index contributed by atoms with van der Waals surface area (Å²) in [7, 11) is 5.19. The van der Waals surface area contributed by atoms with Crippen LogP contribution in [-0.4, -0.2) is 51.1 Å². The second-order valence-electron chi connectivity index (χ2n) is 6.97. The van der Waals surface area contributed by atoms with Crippen molar-refractivity contribution in [3.05, 3.63) is 65.2 Å². The molecule has 2 rings (SSSR count). The summed E-state index contributed by atoms with van der Waals surface area (Å²) in [5.74, 6) is 1.70. The molecule has 2 N–H and O–H groups in total. The van der Waals surface area contributed by atoms with E-state index in [-0.39, 0.29) is 5.91 Å². The van der Waals surface area contributed by atoms with Crippen LogP contribution in [0.25, 0.3) is 0 Å². The Hall–Kier alpha value is -3.02. The fourth-order valence-corrected chi connectivity index (χ4v) is 2.85. The zero-order valence-electron chi connectivity index (χ0n) is 17.9. The Morgan fingerprint density at radius 1 is 1.07 bits per heavy atom. The number of carbonyl (C=O) groups is 1. The Labute approximate surface area is 174 Å². The molecule has 0 aliphatic rings. The van der Waals surface area contributed by atoms with E-state index < -0.39 is 0 Å². The van der Waals surface area contributed by atoms with Gasteiger partial charge in [-0.25, -0.2) is 4.99 Å². The van der Waals surface area contributed by atoms with Crippen LogP contribution in [0.2, 0.25) is 0 Å². The Morgan fingerprint density at radius 3 is 2.48 bits per heavy atom. The van der Waals surface area contributed by atoms with Gasteiger partial charge in [-0.05, 0) is 55.2 Å². The lowest BCUT2D eigenvalue weighted by molar-refractivity contribution is 0.0827. The number of nitrogens with one attached hydrogen (secondary N) is 2. The van der Waals surface area contributed by atoms with Crippen molar-refractivity contribution in [1.29, 1.82) is 0 Å². The number of amides is 1. The summed E-state index contributed by atoms with van der Waals surface area (Å²) >= 11 is 0. The van der Waals surface area contributed by atoms with E-state index >= 15 is 0 Å². The number of carbonyl (C=O) groups excluding carboxylic acids is 1. The number of aliphatic imine (C=N–C) groups is 1. The molecule has 29 heavy (non-hydrogen) atoms. The second-order valence-corrected chi connectivity index (χ2v) is 6.97. The molecule has 0 aromatic heterocycles. The van der Waals surface area contributed by atoms with Crippen LogP contribution in [0.5, 0.6) is 5.75 Å². The minimum atomic E-state index is 0.00564. The molecular weight excluding hydrogens is 364 g/mol. The maximum atomic E-state index is 12.0. The predicted molar refractivity (Wildman–Crippen MR) is 119 cm³/mol. The monoisotopic (exact) mass is 396 g/mol. The fraction of sp³-hybridized carbons (Fsp3) is 0.391. The Bertz CT molecular complexity index is 801. The van der Waals surface area contributed by atoms with Crippen molar-refractivity contribution in [2.75, 3.05) is 34.3 Å². The zero-order valence-corrected chi connectivity index (χ0v) is 17.9. The lowest BCUT2D eigenvalue weighted by Crippen LogP contribution is -2.37. The van der Waals surface area contributed by atoms with E-state index in [1.54, 1.807) is 26.1 Å². The molecule has 0 aliphatic heterocycles. The number of benzene rings is 2. The van der Waals surface area contributed by atoms with Gasteiger partial charge in [-0.1, -0.05) is 24.3 Å². The highest BCUT2D eigenvalue weighted by Gasteiger charge is 2.07. The van der Waals surface area contributed by atoms with Gasteiger partial charge in [-0.15, -0.1) is 0 Å². The summed E-state index contributed by atoms with van der Waals surface area (Å²) in [5.41, 5.74) is 3.01. The summed E-state index contributed by atoms with van der Waals surface area (Å²) < 4.78 is 5.27. The molecule has 0 unspecified atom stereocenters. The molecule has 6 nitrogen and oxygen atoms in total. The summed E-state index contributed by atoms with van der Waals surface area (Å²) in [4.78, 5) is 18.2. The number of methoxy groups -OCH3 is 1. The van der Waals surface area contributed by atoms with Gasteiger partial charge in [0.1, 0.15) is 5.75 Å². The number of rotatable bonds is 9. The molecule has 0 atom stereocenters. The van der Waals surface area contributed by atoms with E-state index in [1.807, 2.05) is 36.4 Å². The molecule has 0 fully saturated rings. The second kappa shape index (κ2) is 11.7. The minimum absolute atomic E-state index is 0.00564. The third kappa shape index (κ3) is 7.49.